The van der Waals surface area contributed by atoms with E-state index in [0.717, 1.165) is 0 Å². The molecule has 0 radical (unpaired) electrons. The largest absolute Gasteiger partial charge is 0.457 e. The van der Waals surface area contributed by atoms with Crippen LogP contribution in [0.4, 0.5) is 5.69 Å². The van der Waals surface area contributed by atoms with Gasteiger partial charge in [0.25, 0.3) is 5.91 Å². The standard InChI is InChI=1S/C21H18N2O6S/c22-30(26,27)19-12-6-15(7-13-19)21(25)28-14-20(24)23-16-8-10-18(11-9-16)29-17-4-2-1-3-5-17/h1-13H,14H2,(H,23,24)(H2,22,26,27). The number of primary sulfonamides is 1. The van der Waals surface area contributed by atoms with E-state index < -0.39 is 28.5 Å². The second kappa shape index (κ2) is 9.21. The van der Waals surface area contributed by atoms with Gasteiger partial charge in [0.15, 0.2) is 6.61 Å². The molecule has 0 aliphatic heterocycles. The summed E-state index contributed by atoms with van der Waals surface area (Å²) in [4.78, 5) is 23.8. The van der Waals surface area contributed by atoms with Gasteiger partial charge in [-0.15, -0.1) is 0 Å². The number of nitrogens with one attached hydrogen (secondary N) is 1. The molecular formula is C21H18N2O6S. The number of amides is 1. The third kappa shape index (κ3) is 5.90. The minimum absolute atomic E-state index is 0.0950. The number of sulfonamides is 1. The lowest BCUT2D eigenvalue weighted by atomic mass is 10.2. The summed E-state index contributed by atoms with van der Waals surface area (Å²) in [5.41, 5.74) is 0.603. The lowest BCUT2D eigenvalue weighted by molar-refractivity contribution is -0.119. The first kappa shape index (κ1) is 21.0. The van der Waals surface area contributed by atoms with Gasteiger partial charge in [0.05, 0.1) is 10.5 Å². The van der Waals surface area contributed by atoms with E-state index in [1.165, 1.54) is 24.3 Å². The highest BCUT2D eigenvalue weighted by Crippen LogP contribution is 2.22. The molecule has 0 spiro atoms. The van der Waals surface area contributed by atoms with Crippen molar-refractivity contribution in [3.05, 3.63) is 84.4 Å². The molecule has 154 valence electrons. The van der Waals surface area contributed by atoms with Gasteiger partial charge in [-0.1, -0.05) is 18.2 Å². The summed E-state index contributed by atoms with van der Waals surface area (Å²) in [7, 11) is -3.85. The van der Waals surface area contributed by atoms with Crippen molar-refractivity contribution >= 4 is 27.6 Å². The number of esters is 1. The zero-order chi connectivity index (χ0) is 21.6. The van der Waals surface area contributed by atoms with Gasteiger partial charge in [-0.2, -0.15) is 0 Å². The van der Waals surface area contributed by atoms with Gasteiger partial charge in [-0.3, -0.25) is 4.79 Å². The zero-order valence-electron chi connectivity index (χ0n) is 15.6. The Hall–Kier alpha value is -3.69. The van der Waals surface area contributed by atoms with Crippen LogP contribution in [0.25, 0.3) is 0 Å². The Morgan fingerprint density at radius 3 is 2.03 bits per heavy atom. The Kier molecular flexibility index (Phi) is 6.45. The van der Waals surface area contributed by atoms with Gasteiger partial charge >= 0.3 is 5.97 Å². The van der Waals surface area contributed by atoms with Crippen molar-refractivity contribution in [2.24, 2.45) is 5.14 Å². The molecular weight excluding hydrogens is 408 g/mol. The number of para-hydroxylation sites is 1. The summed E-state index contributed by atoms with van der Waals surface area (Å²) in [5, 5.41) is 7.60. The van der Waals surface area contributed by atoms with Crippen LogP contribution in [-0.2, 0) is 19.6 Å². The number of anilines is 1. The second-order valence-electron chi connectivity index (χ2n) is 6.13. The maximum absolute atomic E-state index is 12.0. The molecule has 9 heteroatoms. The molecule has 30 heavy (non-hydrogen) atoms. The molecule has 0 fully saturated rings. The van der Waals surface area contributed by atoms with Crippen molar-refractivity contribution in [2.45, 2.75) is 4.90 Å². The molecule has 0 saturated heterocycles. The molecule has 0 saturated carbocycles. The summed E-state index contributed by atoms with van der Waals surface area (Å²) >= 11 is 0. The van der Waals surface area contributed by atoms with E-state index in [1.54, 1.807) is 24.3 Å². The Bertz CT molecular complexity index is 1130. The van der Waals surface area contributed by atoms with E-state index in [4.69, 9.17) is 14.6 Å². The van der Waals surface area contributed by atoms with E-state index in [-0.39, 0.29) is 10.5 Å². The molecule has 0 unspecified atom stereocenters. The first-order valence-corrected chi connectivity index (χ1v) is 10.3. The van der Waals surface area contributed by atoms with Crippen LogP contribution >= 0.6 is 0 Å². The molecule has 0 heterocycles. The lowest BCUT2D eigenvalue weighted by Crippen LogP contribution is -2.21. The summed E-state index contributed by atoms with van der Waals surface area (Å²) < 4.78 is 33.0. The van der Waals surface area contributed by atoms with E-state index in [9.17, 15) is 18.0 Å². The quantitative estimate of drug-likeness (QED) is 0.560. The highest BCUT2D eigenvalue weighted by Gasteiger charge is 2.13. The predicted molar refractivity (Wildman–Crippen MR) is 110 cm³/mol. The molecule has 1 amide bonds. The van der Waals surface area contributed by atoms with Crippen LogP contribution in [0, 0.1) is 0 Å². The topological polar surface area (TPSA) is 125 Å². The fourth-order valence-electron chi connectivity index (χ4n) is 2.42. The van der Waals surface area contributed by atoms with Crippen LogP contribution in [-0.4, -0.2) is 26.9 Å². The number of hydrogen-bond acceptors (Lipinski definition) is 6. The molecule has 3 aromatic carbocycles. The Morgan fingerprint density at radius 1 is 0.833 bits per heavy atom. The maximum atomic E-state index is 12.0. The van der Waals surface area contributed by atoms with Crippen LogP contribution in [0.2, 0.25) is 0 Å². The van der Waals surface area contributed by atoms with Crippen molar-refractivity contribution in [3.63, 3.8) is 0 Å². The maximum Gasteiger partial charge on any atom is 0.338 e. The molecule has 3 rings (SSSR count). The third-order valence-corrected chi connectivity index (χ3v) is 4.80. The molecule has 0 aliphatic carbocycles. The second-order valence-corrected chi connectivity index (χ2v) is 7.69. The van der Waals surface area contributed by atoms with Gasteiger partial charge in [-0.05, 0) is 60.7 Å². The fraction of sp³-hybridized carbons (Fsp3) is 0.0476. The zero-order valence-corrected chi connectivity index (χ0v) is 16.5. The van der Waals surface area contributed by atoms with Crippen molar-refractivity contribution in [1.29, 1.82) is 0 Å². The monoisotopic (exact) mass is 426 g/mol. The first-order chi connectivity index (χ1) is 14.3. The average molecular weight is 426 g/mol. The fourth-order valence-corrected chi connectivity index (χ4v) is 2.94. The number of rotatable bonds is 7. The van der Waals surface area contributed by atoms with E-state index in [2.05, 4.69) is 5.32 Å². The highest BCUT2D eigenvalue weighted by molar-refractivity contribution is 7.89. The average Bonchev–Trinajstić information content (AvgIpc) is 2.74. The van der Waals surface area contributed by atoms with Gasteiger partial charge in [0, 0.05) is 5.69 Å². The van der Waals surface area contributed by atoms with E-state index in [0.29, 0.717) is 17.2 Å². The Balaban J connectivity index is 1.50. The van der Waals surface area contributed by atoms with Gasteiger partial charge < -0.3 is 14.8 Å². The van der Waals surface area contributed by atoms with Crippen LogP contribution in [0.5, 0.6) is 11.5 Å². The molecule has 0 aromatic heterocycles. The number of hydrogen-bond donors (Lipinski definition) is 2. The summed E-state index contributed by atoms with van der Waals surface area (Å²) in [6.45, 7) is -0.502. The minimum Gasteiger partial charge on any atom is -0.457 e. The molecule has 8 nitrogen and oxygen atoms in total. The highest BCUT2D eigenvalue weighted by atomic mass is 32.2. The smallest absolute Gasteiger partial charge is 0.338 e. The van der Waals surface area contributed by atoms with E-state index >= 15 is 0 Å². The summed E-state index contributed by atoms with van der Waals surface area (Å²) in [6, 6.07) is 20.8. The number of carbonyl (C=O) groups excluding carboxylic acids is 2. The SMILES string of the molecule is NS(=O)(=O)c1ccc(C(=O)OCC(=O)Nc2ccc(Oc3ccccc3)cc2)cc1. The number of nitrogens with two attached hydrogens (primary N) is 1. The molecule has 0 bridgehead atoms. The summed E-state index contributed by atoms with van der Waals surface area (Å²) in [5.74, 6) is 0.00539. The van der Waals surface area contributed by atoms with Crippen molar-refractivity contribution in [3.8, 4) is 11.5 Å². The molecule has 3 N–H and O–H groups in total. The molecule has 3 aromatic rings. The van der Waals surface area contributed by atoms with Crippen molar-refractivity contribution < 1.29 is 27.5 Å². The van der Waals surface area contributed by atoms with Crippen molar-refractivity contribution in [1.82, 2.24) is 0 Å². The van der Waals surface area contributed by atoms with Crippen LogP contribution < -0.4 is 15.2 Å². The van der Waals surface area contributed by atoms with E-state index in [1.807, 2.05) is 30.3 Å². The van der Waals surface area contributed by atoms with Crippen LogP contribution in [0.15, 0.2) is 83.8 Å². The van der Waals surface area contributed by atoms with Gasteiger partial charge in [-0.25, -0.2) is 18.4 Å². The summed E-state index contributed by atoms with van der Waals surface area (Å²) in [6.07, 6.45) is 0. The van der Waals surface area contributed by atoms with Gasteiger partial charge in [0.1, 0.15) is 11.5 Å². The third-order valence-electron chi connectivity index (χ3n) is 3.87. The number of ether oxygens (including phenoxy) is 2. The van der Waals surface area contributed by atoms with Gasteiger partial charge in [0.2, 0.25) is 10.0 Å². The molecule has 0 atom stereocenters. The predicted octanol–water partition coefficient (Wildman–Crippen LogP) is 2.92. The Labute approximate surface area is 173 Å². The normalized spacial score (nSPS) is 10.8. The Morgan fingerprint density at radius 2 is 1.43 bits per heavy atom. The number of benzene rings is 3. The molecule has 0 aliphatic rings. The van der Waals surface area contributed by atoms with Crippen LogP contribution in [0.3, 0.4) is 0 Å². The number of carbonyl (C=O) groups is 2. The first-order valence-electron chi connectivity index (χ1n) is 8.74. The minimum atomic E-state index is -3.85. The lowest BCUT2D eigenvalue weighted by Gasteiger charge is -2.09. The van der Waals surface area contributed by atoms with Crippen molar-refractivity contribution in [2.75, 3.05) is 11.9 Å². The van der Waals surface area contributed by atoms with Crippen LogP contribution in [0.1, 0.15) is 10.4 Å².